The third kappa shape index (κ3) is 3.96. The van der Waals surface area contributed by atoms with Crippen LogP contribution >= 0.6 is 0 Å². The molecule has 6 heteroatoms. The molecule has 0 spiro atoms. The smallest absolute Gasteiger partial charge is 0.194 e. The second kappa shape index (κ2) is 7.10. The number of benzene rings is 1. The van der Waals surface area contributed by atoms with Crippen LogP contribution in [-0.4, -0.2) is 18.3 Å². The molecule has 0 radical (unpaired) electrons. The predicted molar refractivity (Wildman–Crippen MR) is 71.9 cm³/mol. The van der Waals surface area contributed by atoms with Crippen LogP contribution in [0.25, 0.3) is 6.08 Å². The first-order valence-electron chi connectivity index (χ1n) is 6.30. The molecule has 0 saturated heterocycles. The monoisotopic (exact) mass is 297 g/mol. The standard InChI is InChI=1S/C15H14F3NO2/c16-12-7-10(8-13(17)15(12)18)14(9-20)19-5-1-3-11-4-2-6-21-11/h1-4,6-8,14,19-20H,5,9H2/b3-1+. The van der Waals surface area contributed by atoms with E-state index in [2.05, 4.69) is 5.32 Å². The molecule has 0 saturated carbocycles. The fourth-order valence-electron chi connectivity index (χ4n) is 1.84. The molecule has 2 N–H and O–H groups in total. The molecule has 0 aliphatic heterocycles. The third-order valence-corrected chi connectivity index (χ3v) is 2.90. The number of aliphatic hydroxyl groups excluding tert-OH is 1. The molecular formula is C15H14F3NO2. The molecule has 1 atom stereocenters. The molecule has 0 aliphatic rings. The summed E-state index contributed by atoms with van der Waals surface area (Å²) in [4.78, 5) is 0. The molecule has 112 valence electrons. The summed E-state index contributed by atoms with van der Waals surface area (Å²) in [6.45, 7) is -0.0361. The van der Waals surface area contributed by atoms with Crippen molar-refractivity contribution >= 4 is 6.08 Å². The summed E-state index contributed by atoms with van der Waals surface area (Å²) >= 11 is 0. The van der Waals surface area contributed by atoms with Crippen LogP contribution in [-0.2, 0) is 0 Å². The third-order valence-electron chi connectivity index (χ3n) is 2.90. The van der Waals surface area contributed by atoms with Gasteiger partial charge in [-0.15, -0.1) is 0 Å². The number of aliphatic hydroxyl groups is 1. The van der Waals surface area contributed by atoms with Crippen molar-refractivity contribution in [2.45, 2.75) is 6.04 Å². The average molecular weight is 297 g/mol. The lowest BCUT2D eigenvalue weighted by Gasteiger charge is -2.16. The van der Waals surface area contributed by atoms with Gasteiger partial charge in [0.2, 0.25) is 0 Å². The van der Waals surface area contributed by atoms with Gasteiger partial charge >= 0.3 is 0 Å². The molecule has 0 amide bonds. The summed E-state index contributed by atoms with van der Waals surface area (Å²) in [5.74, 6) is -3.42. The zero-order valence-electron chi connectivity index (χ0n) is 11.0. The van der Waals surface area contributed by atoms with Crippen LogP contribution in [0.1, 0.15) is 17.4 Å². The maximum absolute atomic E-state index is 13.2. The number of furan rings is 1. The van der Waals surface area contributed by atoms with Gasteiger partial charge in [-0.05, 0) is 35.9 Å². The van der Waals surface area contributed by atoms with Crippen molar-refractivity contribution in [2.75, 3.05) is 13.2 Å². The summed E-state index contributed by atoms with van der Waals surface area (Å²) in [7, 11) is 0. The SMILES string of the molecule is OCC(NC/C=C/c1ccco1)c1cc(F)c(F)c(F)c1. The fraction of sp³-hybridized carbons (Fsp3) is 0.200. The van der Waals surface area contributed by atoms with Gasteiger partial charge in [0.05, 0.1) is 18.9 Å². The molecule has 0 fully saturated rings. The van der Waals surface area contributed by atoms with E-state index >= 15 is 0 Å². The van der Waals surface area contributed by atoms with Gasteiger partial charge < -0.3 is 14.8 Å². The summed E-state index contributed by atoms with van der Waals surface area (Å²) in [5.41, 5.74) is 0.139. The van der Waals surface area contributed by atoms with Crippen molar-refractivity contribution < 1.29 is 22.7 Å². The first-order valence-corrected chi connectivity index (χ1v) is 6.30. The summed E-state index contributed by atoms with van der Waals surface area (Å²) in [5, 5.41) is 12.2. The van der Waals surface area contributed by atoms with Crippen molar-refractivity contribution in [3.05, 3.63) is 65.4 Å². The molecule has 1 unspecified atom stereocenters. The number of hydrogen-bond acceptors (Lipinski definition) is 3. The van der Waals surface area contributed by atoms with Gasteiger partial charge in [-0.3, -0.25) is 0 Å². The Labute approximate surface area is 119 Å². The second-order valence-corrected chi connectivity index (χ2v) is 4.36. The summed E-state index contributed by atoms with van der Waals surface area (Å²) in [6.07, 6.45) is 4.98. The van der Waals surface area contributed by atoms with Gasteiger partial charge in [0, 0.05) is 6.54 Å². The van der Waals surface area contributed by atoms with E-state index in [1.807, 2.05) is 0 Å². The first kappa shape index (κ1) is 15.3. The number of hydrogen-bond donors (Lipinski definition) is 2. The van der Waals surface area contributed by atoms with E-state index < -0.39 is 23.5 Å². The highest BCUT2D eigenvalue weighted by atomic mass is 19.2. The minimum absolute atomic E-state index is 0.139. The van der Waals surface area contributed by atoms with E-state index in [0.717, 1.165) is 12.1 Å². The highest BCUT2D eigenvalue weighted by Crippen LogP contribution is 2.19. The van der Waals surface area contributed by atoms with Crippen molar-refractivity contribution in [1.29, 1.82) is 0 Å². The van der Waals surface area contributed by atoms with E-state index in [1.165, 1.54) is 6.26 Å². The highest BCUT2D eigenvalue weighted by molar-refractivity contribution is 5.42. The normalized spacial score (nSPS) is 13.0. The van der Waals surface area contributed by atoms with Crippen molar-refractivity contribution in [3.8, 4) is 0 Å². The lowest BCUT2D eigenvalue weighted by Crippen LogP contribution is -2.25. The molecule has 0 bridgehead atoms. The van der Waals surface area contributed by atoms with Crippen LogP contribution in [0.15, 0.2) is 41.0 Å². The molecular weight excluding hydrogens is 283 g/mol. The Hall–Kier alpha value is -2.05. The quantitative estimate of drug-likeness (QED) is 0.806. The first-order chi connectivity index (χ1) is 10.1. The predicted octanol–water partition coefficient (Wildman–Crippen LogP) is 3.03. The molecule has 2 rings (SSSR count). The van der Waals surface area contributed by atoms with Gasteiger partial charge in [0.25, 0.3) is 0 Å². The minimum atomic E-state index is -1.52. The van der Waals surface area contributed by atoms with E-state index in [1.54, 1.807) is 24.3 Å². The molecule has 3 nitrogen and oxygen atoms in total. The Balaban J connectivity index is 2.00. The second-order valence-electron chi connectivity index (χ2n) is 4.36. The topological polar surface area (TPSA) is 45.4 Å². The average Bonchev–Trinajstić information content (AvgIpc) is 2.97. The number of halogens is 3. The largest absolute Gasteiger partial charge is 0.465 e. The number of rotatable bonds is 6. The van der Waals surface area contributed by atoms with E-state index in [9.17, 15) is 18.3 Å². The molecule has 1 aromatic carbocycles. The minimum Gasteiger partial charge on any atom is -0.465 e. The van der Waals surface area contributed by atoms with Gasteiger partial charge in [0.1, 0.15) is 5.76 Å². The molecule has 1 heterocycles. The Bertz CT molecular complexity index is 588. The van der Waals surface area contributed by atoms with Crippen LogP contribution < -0.4 is 5.32 Å². The molecule has 2 aromatic rings. The van der Waals surface area contributed by atoms with E-state index in [0.29, 0.717) is 12.3 Å². The lowest BCUT2D eigenvalue weighted by molar-refractivity contribution is 0.247. The van der Waals surface area contributed by atoms with Crippen molar-refractivity contribution in [3.63, 3.8) is 0 Å². The van der Waals surface area contributed by atoms with Gasteiger partial charge in [-0.1, -0.05) is 6.08 Å². The zero-order valence-corrected chi connectivity index (χ0v) is 11.0. The maximum Gasteiger partial charge on any atom is 0.194 e. The Morgan fingerprint density at radius 2 is 1.95 bits per heavy atom. The summed E-state index contributed by atoms with van der Waals surface area (Å²) in [6, 6.07) is 4.54. The molecule has 21 heavy (non-hydrogen) atoms. The fourth-order valence-corrected chi connectivity index (χ4v) is 1.84. The zero-order chi connectivity index (χ0) is 15.2. The maximum atomic E-state index is 13.2. The van der Waals surface area contributed by atoms with Gasteiger partial charge in [-0.2, -0.15) is 0 Å². The molecule has 0 aliphatic carbocycles. The lowest BCUT2D eigenvalue weighted by atomic mass is 10.1. The van der Waals surface area contributed by atoms with Crippen molar-refractivity contribution in [2.24, 2.45) is 0 Å². The Kier molecular flexibility index (Phi) is 5.19. The van der Waals surface area contributed by atoms with Gasteiger partial charge in [-0.25, -0.2) is 13.2 Å². The highest BCUT2D eigenvalue weighted by Gasteiger charge is 2.16. The number of nitrogens with one attached hydrogen (secondary N) is 1. The Morgan fingerprint density at radius 1 is 1.24 bits per heavy atom. The van der Waals surface area contributed by atoms with Gasteiger partial charge in [0.15, 0.2) is 17.5 Å². The van der Waals surface area contributed by atoms with Crippen LogP contribution in [0.5, 0.6) is 0 Å². The summed E-state index contributed by atoms with van der Waals surface area (Å²) < 4.78 is 44.3. The van der Waals surface area contributed by atoms with E-state index in [4.69, 9.17) is 4.42 Å². The Morgan fingerprint density at radius 3 is 2.52 bits per heavy atom. The van der Waals surface area contributed by atoms with Crippen LogP contribution in [0.2, 0.25) is 0 Å². The van der Waals surface area contributed by atoms with Crippen LogP contribution in [0.4, 0.5) is 13.2 Å². The van der Waals surface area contributed by atoms with Crippen molar-refractivity contribution in [1.82, 2.24) is 5.32 Å². The molecule has 1 aromatic heterocycles. The van der Waals surface area contributed by atoms with Crippen LogP contribution in [0, 0.1) is 17.5 Å². The van der Waals surface area contributed by atoms with E-state index in [-0.39, 0.29) is 12.2 Å². The van der Waals surface area contributed by atoms with Crippen LogP contribution in [0.3, 0.4) is 0 Å².